The smallest absolute Gasteiger partial charge is 0.162 e. The first kappa shape index (κ1) is 15.9. The molecule has 3 nitrogen and oxygen atoms in total. The molecule has 0 atom stereocenters. The monoisotopic (exact) mass is 321 g/mol. The van der Waals surface area contributed by atoms with Crippen molar-refractivity contribution in [3.63, 3.8) is 0 Å². The van der Waals surface area contributed by atoms with E-state index in [4.69, 9.17) is 21.1 Å². The highest BCUT2D eigenvalue weighted by Gasteiger charge is 2.12. The summed E-state index contributed by atoms with van der Waals surface area (Å²) >= 11 is 6.52. The lowest BCUT2D eigenvalue weighted by Gasteiger charge is -2.11. The summed E-state index contributed by atoms with van der Waals surface area (Å²) in [5.74, 6) is 1.30. The van der Waals surface area contributed by atoms with Crippen molar-refractivity contribution < 1.29 is 9.47 Å². The highest BCUT2D eigenvalue weighted by molar-refractivity contribution is 6.81. The van der Waals surface area contributed by atoms with Crippen LogP contribution in [0.15, 0.2) is 24.0 Å². The Morgan fingerprint density at radius 2 is 1.71 bits per heavy atom. The lowest BCUT2D eigenvalue weighted by molar-refractivity contribution is 0.356. The molecule has 2 aromatic rings. The van der Waals surface area contributed by atoms with Gasteiger partial charge in [0.05, 0.1) is 32.8 Å². The van der Waals surface area contributed by atoms with Gasteiger partial charge in [0.1, 0.15) is 0 Å². The number of hydrogen-bond acceptors (Lipinski definition) is 3. The van der Waals surface area contributed by atoms with Crippen LogP contribution in [-0.4, -0.2) is 27.3 Å². The van der Waals surface area contributed by atoms with E-state index in [1.165, 1.54) is 0 Å². The summed E-state index contributed by atoms with van der Waals surface area (Å²) in [6.45, 7) is 6.83. The van der Waals surface area contributed by atoms with E-state index in [0.29, 0.717) is 16.5 Å². The fourth-order valence-corrected chi connectivity index (χ4v) is 2.90. The van der Waals surface area contributed by atoms with Crippen molar-refractivity contribution in [2.75, 3.05) is 14.2 Å². The van der Waals surface area contributed by atoms with Gasteiger partial charge in [-0.25, -0.2) is 0 Å². The molecule has 0 aliphatic carbocycles. The van der Waals surface area contributed by atoms with Gasteiger partial charge in [-0.1, -0.05) is 43.0 Å². The van der Waals surface area contributed by atoms with Crippen LogP contribution in [-0.2, 0) is 0 Å². The molecule has 0 N–H and O–H groups in total. The van der Waals surface area contributed by atoms with Crippen molar-refractivity contribution >= 4 is 36.7 Å². The third kappa shape index (κ3) is 3.57. The number of halogens is 1. The third-order valence-electron chi connectivity index (χ3n) is 3.10. The SMILES string of the molecule is COc1cc2ncc(C=C[Si](C)(C)C)c(Cl)c2cc1OC. The molecule has 0 amide bonds. The lowest BCUT2D eigenvalue weighted by Crippen LogP contribution is -2.15. The van der Waals surface area contributed by atoms with E-state index >= 15 is 0 Å². The fourth-order valence-electron chi connectivity index (χ4n) is 1.96. The van der Waals surface area contributed by atoms with Gasteiger partial charge in [-0.2, -0.15) is 0 Å². The van der Waals surface area contributed by atoms with E-state index in [1.54, 1.807) is 20.4 Å². The normalized spacial score (nSPS) is 12.1. The maximum atomic E-state index is 6.52. The quantitative estimate of drug-likeness (QED) is 0.758. The molecule has 112 valence electrons. The van der Waals surface area contributed by atoms with Gasteiger partial charge in [-0.3, -0.25) is 4.98 Å². The van der Waals surface area contributed by atoms with Gasteiger partial charge in [-0.05, 0) is 6.07 Å². The molecule has 1 aromatic carbocycles. The molecule has 1 aromatic heterocycles. The predicted molar refractivity (Wildman–Crippen MR) is 92.2 cm³/mol. The molecular weight excluding hydrogens is 302 g/mol. The van der Waals surface area contributed by atoms with Crippen molar-refractivity contribution in [2.45, 2.75) is 19.6 Å². The molecule has 0 bridgehead atoms. The van der Waals surface area contributed by atoms with Gasteiger partial charge in [0.25, 0.3) is 0 Å². The minimum Gasteiger partial charge on any atom is -0.493 e. The Morgan fingerprint density at radius 1 is 1.10 bits per heavy atom. The molecule has 0 spiro atoms. The minimum atomic E-state index is -1.27. The van der Waals surface area contributed by atoms with Crippen LogP contribution >= 0.6 is 11.6 Å². The summed E-state index contributed by atoms with van der Waals surface area (Å²) in [5.41, 5.74) is 3.98. The molecule has 0 fully saturated rings. The Labute approximate surface area is 131 Å². The predicted octanol–water partition coefficient (Wildman–Crippen LogP) is 4.80. The van der Waals surface area contributed by atoms with Crippen LogP contribution in [0, 0.1) is 0 Å². The summed E-state index contributed by atoms with van der Waals surface area (Å²) < 4.78 is 10.6. The molecule has 0 saturated heterocycles. The molecule has 0 saturated carbocycles. The Kier molecular flexibility index (Phi) is 4.59. The molecule has 1 heterocycles. The Balaban J connectivity index is 2.58. The first-order valence-corrected chi connectivity index (χ1v) is 10.7. The number of nitrogens with zero attached hydrogens (tertiary/aromatic N) is 1. The van der Waals surface area contributed by atoms with E-state index in [0.717, 1.165) is 16.5 Å². The molecule has 0 aliphatic rings. The van der Waals surface area contributed by atoms with Crippen molar-refractivity contribution in [1.29, 1.82) is 0 Å². The van der Waals surface area contributed by atoms with Gasteiger partial charge in [0.2, 0.25) is 0 Å². The van der Waals surface area contributed by atoms with Crippen LogP contribution in [0.2, 0.25) is 24.7 Å². The van der Waals surface area contributed by atoms with Gasteiger partial charge in [-0.15, -0.1) is 0 Å². The maximum absolute atomic E-state index is 6.52. The zero-order chi connectivity index (χ0) is 15.6. The lowest BCUT2D eigenvalue weighted by atomic mass is 10.1. The summed E-state index contributed by atoms with van der Waals surface area (Å²) in [4.78, 5) is 4.47. The molecule has 0 unspecified atom stereocenters. The van der Waals surface area contributed by atoms with Crippen LogP contribution in [0.3, 0.4) is 0 Å². The maximum Gasteiger partial charge on any atom is 0.162 e. The molecule has 21 heavy (non-hydrogen) atoms. The highest BCUT2D eigenvalue weighted by atomic mass is 35.5. The van der Waals surface area contributed by atoms with Crippen molar-refractivity contribution in [3.8, 4) is 11.5 Å². The topological polar surface area (TPSA) is 31.4 Å². The van der Waals surface area contributed by atoms with Crippen molar-refractivity contribution in [2.24, 2.45) is 0 Å². The average molecular weight is 322 g/mol. The molecular formula is C16H20ClNO2Si. The molecule has 5 heteroatoms. The first-order valence-electron chi connectivity index (χ1n) is 6.75. The number of methoxy groups -OCH3 is 2. The largest absolute Gasteiger partial charge is 0.493 e. The third-order valence-corrected chi connectivity index (χ3v) is 4.69. The van der Waals surface area contributed by atoms with Crippen LogP contribution < -0.4 is 9.47 Å². The highest BCUT2D eigenvalue weighted by Crippen LogP contribution is 2.35. The summed E-state index contributed by atoms with van der Waals surface area (Å²) in [6, 6.07) is 3.71. The zero-order valence-electron chi connectivity index (χ0n) is 13.0. The standard InChI is InChI=1S/C16H20ClNO2Si/c1-19-14-8-12-13(9-15(14)20-2)18-10-11(16(12)17)6-7-21(3,4)5/h6-10H,1-5H3. The van der Waals surface area contributed by atoms with Crippen molar-refractivity contribution in [3.05, 3.63) is 34.6 Å². The Morgan fingerprint density at radius 3 is 2.29 bits per heavy atom. The second-order valence-corrected chi connectivity index (χ2v) is 11.4. The van der Waals surface area contributed by atoms with E-state index < -0.39 is 8.07 Å². The van der Waals surface area contributed by atoms with Crippen LogP contribution in [0.5, 0.6) is 11.5 Å². The van der Waals surface area contributed by atoms with Crippen molar-refractivity contribution in [1.82, 2.24) is 4.98 Å². The van der Waals surface area contributed by atoms with E-state index in [2.05, 4.69) is 36.4 Å². The number of aromatic nitrogens is 1. The van der Waals surface area contributed by atoms with Gasteiger partial charge in [0.15, 0.2) is 11.5 Å². The van der Waals surface area contributed by atoms with Gasteiger partial charge < -0.3 is 9.47 Å². The van der Waals surface area contributed by atoms with Gasteiger partial charge >= 0.3 is 0 Å². The van der Waals surface area contributed by atoms with E-state index in [9.17, 15) is 0 Å². The van der Waals surface area contributed by atoms with Gasteiger partial charge in [0, 0.05) is 23.2 Å². The number of ether oxygens (including phenoxy) is 2. The number of pyridine rings is 1. The minimum absolute atomic E-state index is 0.652. The zero-order valence-corrected chi connectivity index (χ0v) is 14.8. The number of hydrogen-bond donors (Lipinski definition) is 0. The molecule has 2 rings (SSSR count). The van der Waals surface area contributed by atoms with E-state index in [1.807, 2.05) is 12.1 Å². The first-order chi connectivity index (χ1) is 9.85. The molecule has 0 aliphatic heterocycles. The number of fused-ring (bicyclic) bond motifs is 1. The second-order valence-electron chi connectivity index (χ2n) is 5.95. The van der Waals surface area contributed by atoms with E-state index in [-0.39, 0.29) is 0 Å². The number of benzene rings is 1. The Hall–Kier alpha value is -1.52. The average Bonchev–Trinajstić information content (AvgIpc) is 2.44. The van der Waals surface area contributed by atoms with Crippen LogP contribution in [0.25, 0.3) is 17.0 Å². The summed E-state index contributed by atoms with van der Waals surface area (Å²) in [6.07, 6.45) is 3.87. The van der Waals surface area contributed by atoms with Crippen LogP contribution in [0.1, 0.15) is 5.56 Å². The number of rotatable bonds is 4. The van der Waals surface area contributed by atoms with Crippen LogP contribution in [0.4, 0.5) is 0 Å². The molecule has 0 radical (unpaired) electrons. The summed E-state index contributed by atoms with van der Waals surface area (Å²) in [7, 11) is 1.94. The summed E-state index contributed by atoms with van der Waals surface area (Å²) in [5, 5.41) is 1.56. The second kappa shape index (κ2) is 6.08. The fraction of sp³-hybridized carbons (Fsp3) is 0.312. The Bertz CT molecular complexity index is 693.